The van der Waals surface area contributed by atoms with Crippen molar-refractivity contribution in [3.8, 4) is 5.75 Å². The minimum atomic E-state index is -1.11. The number of hydrogen-bond acceptors (Lipinski definition) is 4. The first-order valence-corrected chi connectivity index (χ1v) is 5.56. The fraction of sp³-hybridized carbons (Fsp3) is 0.400. The van der Waals surface area contributed by atoms with Crippen LogP contribution < -0.4 is 4.74 Å². The van der Waals surface area contributed by atoms with Crippen LogP contribution in [-0.4, -0.2) is 17.3 Å². The molecule has 0 N–H and O–H groups in total. The molecule has 0 aliphatic rings. The molecular formula is C10H11F2NO3S. The van der Waals surface area contributed by atoms with Crippen molar-refractivity contribution in [2.24, 2.45) is 0 Å². The van der Waals surface area contributed by atoms with Crippen LogP contribution in [0.1, 0.15) is 12.8 Å². The molecule has 0 unspecified atom stereocenters. The molecule has 0 aliphatic heterocycles. The lowest BCUT2D eigenvalue weighted by Gasteiger charge is -2.06. The standard InChI is InChI=1S/C10H11F2NO3S/c11-7-6-10(16-3-1-2-4-17)8(12)5-9(7)13(14)15/h5-6,17H,1-4H2. The van der Waals surface area contributed by atoms with Gasteiger partial charge in [-0.05, 0) is 18.6 Å². The summed E-state index contributed by atoms with van der Waals surface area (Å²) in [6.07, 6.45) is 1.45. The molecule has 0 spiro atoms. The first-order chi connectivity index (χ1) is 8.06. The molecule has 0 amide bonds. The molecule has 4 nitrogen and oxygen atoms in total. The number of nitro groups is 1. The number of thiol groups is 1. The Hall–Kier alpha value is -1.37. The van der Waals surface area contributed by atoms with E-state index in [0.717, 1.165) is 6.42 Å². The van der Waals surface area contributed by atoms with E-state index in [2.05, 4.69) is 12.6 Å². The van der Waals surface area contributed by atoms with Gasteiger partial charge in [-0.25, -0.2) is 4.39 Å². The Balaban J connectivity index is 2.74. The molecule has 7 heteroatoms. The van der Waals surface area contributed by atoms with Crippen molar-refractivity contribution in [2.45, 2.75) is 12.8 Å². The molecule has 0 saturated carbocycles. The summed E-state index contributed by atoms with van der Waals surface area (Å²) in [6.45, 7) is 0.217. The highest BCUT2D eigenvalue weighted by Crippen LogP contribution is 2.26. The van der Waals surface area contributed by atoms with Crippen LogP contribution >= 0.6 is 12.6 Å². The lowest BCUT2D eigenvalue weighted by Crippen LogP contribution is -2.02. The number of halogens is 2. The van der Waals surface area contributed by atoms with Crippen LogP contribution in [0.4, 0.5) is 14.5 Å². The van der Waals surface area contributed by atoms with E-state index in [1.807, 2.05) is 0 Å². The fourth-order valence-electron chi connectivity index (χ4n) is 1.16. The van der Waals surface area contributed by atoms with Crippen LogP contribution in [0.5, 0.6) is 5.75 Å². The van der Waals surface area contributed by atoms with Crippen LogP contribution in [0.15, 0.2) is 12.1 Å². The normalized spacial score (nSPS) is 10.3. The number of ether oxygens (including phenoxy) is 1. The molecule has 17 heavy (non-hydrogen) atoms. The highest BCUT2D eigenvalue weighted by Gasteiger charge is 2.19. The van der Waals surface area contributed by atoms with Crippen molar-refractivity contribution < 1.29 is 18.4 Å². The Morgan fingerprint density at radius 1 is 1.29 bits per heavy atom. The first kappa shape index (κ1) is 13.7. The zero-order valence-corrected chi connectivity index (χ0v) is 9.75. The number of hydrogen-bond donors (Lipinski definition) is 1. The predicted octanol–water partition coefficient (Wildman–Crippen LogP) is 2.96. The lowest BCUT2D eigenvalue weighted by molar-refractivity contribution is -0.387. The van der Waals surface area contributed by atoms with Gasteiger partial charge in [0.2, 0.25) is 5.82 Å². The molecule has 0 fully saturated rings. The van der Waals surface area contributed by atoms with E-state index in [1.54, 1.807) is 0 Å². The molecule has 0 bridgehead atoms. The third-order valence-electron chi connectivity index (χ3n) is 2.01. The molecule has 0 heterocycles. The Morgan fingerprint density at radius 2 is 2.00 bits per heavy atom. The number of benzene rings is 1. The zero-order chi connectivity index (χ0) is 12.8. The van der Waals surface area contributed by atoms with Crippen molar-refractivity contribution in [1.82, 2.24) is 0 Å². The Bertz CT molecular complexity index is 415. The molecular weight excluding hydrogens is 252 g/mol. The quantitative estimate of drug-likeness (QED) is 0.371. The summed E-state index contributed by atoms with van der Waals surface area (Å²) in [4.78, 5) is 9.35. The molecule has 1 aromatic rings. The second-order valence-electron chi connectivity index (χ2n) is 3.27. The Kier molecular flexibility index (Phi) is 5.14. The molecule has 1 aromatic carbocycles. The van der Waals surface area contributed by atoms with Gasteiger partial charge < -0.3 is 4.74 Å². The zero-order valence-electron chi connectivity index (χ0n) is 8.86. The van der Waals surface area contributed by atoms with Gasteiger partial charge in [-0.3, -0.25) is 10.1 Å². The number of unbranched alkanes of at least 4 members (excludes halogenated alkanes) is 1. The van der Waals surface area contributed by atoms with Crippen molar-refractivity contribution in [1.29, 1.82) is 0 Å². The van der Waals surface area contributed by atoms with Crippen molar-refractivity contribution in [3.63, 3.8) is 0 Å². The summed E-state index contributed by atoms with van der Waals surface area (Å²) < 4.78 is 31.4. The Morgan fingerprint density at radius 3 is 2.59 bits per heavy atom. The third-order valence-corrected chi connectivity index (χ3v) is 2.32. The van der Waals surface area contributed by atoms with E-state index in [0.29, 0.717) is 24.3 Å². The average molecular weight is 263 g/mol. The van der Waals surface area contributed by atoms with E-state index in [1.165, 1.54) is 0 Å². The molecule has 0 aliphatic carbocycles. The summed E-state index contributed by atoms with van der Waals surface area (Å²) in [5, 5.41) is 10.3. The second-order valence-corrected chi connectivity index (χ2v) is 3.72. The van der Waals surface area contributed by atoms with Crippen LogP contribution in [0.2, 0.25) is 0 Å². The summed E-state index contributed by atoms with van der Waals surface area (Å²) in [6, 6.07) is 1.21. The summed E-state index contributed by atoms with van der Waals surface area (Å²) in [5.41, 5.74) is -0.898. The van der Waals surface area contributed by atoms with Gasteiger partial charge in [0.05, 0.1) is 17.6 Å². The van der Waals surface area contributed by atoms with Gasteiger partial charge in [0.15, 0.2) is 11.6 Å². The molecule has 0 atom stereocenters. The topological polar surface area (TPSA) is 52.4 Å². The van der Waals surface area contributed by atoms with Crippen LogP contribution in [0.25, 0.3) is 0 Å². The number of rotatable bonds is 6. The number of nitrogens with zero attached hydrogens (tertiary/aromatic N) is 1. The van der Waals surface area contributed by atoms with Crippen molar-refractivity contribution >= 4 is 18.3 Å². The van der Waals surface area contributed by atoms with Crippen LogP contribution in [0, 0.1) is 21.7 Å². The van der Waals surface area contributed by atoms with Gasteiger partial charge in [-0.15, -0.1) is 0 Å². The van der Waals surface area contributed by atoms with Gasteiger partial charge in [-0.1, -0.05) is 0 Å². The van der Waals surface area contributed by atoms with Gasteiger partial charge in [0.1, 0.15) is 0 Å². The smallest absolute Gasteiger partial charge is 0.307 e. The second kappa shape index (κ2) is 6.39. The van der Waals surface area contributed by atoms with Crippen molar-refractivity contribution in [2.75, 3.05) is 12.4 Å². The Labute approximate surface area is 102 Å². The van der Waals surface area contributed by atoms with Gasteiger partial charge in [0, 0.05) is 6.07 Å². The van der Waals surface area contributed by atoms with E-state index in [9.17, 15) is 18.9 Å². The maximum absolute atomic E-state index is 13.3. The van der Waals surface area contributed by atoms with Gasteiger partial charge in [-0.2, -0.15) is 17.0 Å². The predicted molar refractivity (Wildman–Crippen MR) is 61.6 cm³/mol. The van der Waals surface area contributed by atoms with E-state index < -0.39 is 22.2 Å². The number of nitro benzene ring substituents is 1. The molecule has 94 valence electrons. The van der Waals surface area contributed by atoms with E-state index in [4.69, 9.17) is 4.74 Å². The molecule has 0 saturated heterocycles. The van der Waals surface area contributed by atoms with Gasteiger partial charge in [0.25, 0.3) is 0 Å². The van der Waals surface area contributed by atoms with Crippen LogP contribution in [0.3, 0.4) is 0 Å². The highest BCUT2D eigenvalue weighted by molar-refractivity contribution is 7.80. The van der Waals surface area contributed by atoms with Crippen LogP contribution in [-0.2, 0) is 0 Å². The third kappa shape index (κ3) is 3.85. The minimum Gasteiger partial charge on any atom is -0.490 e. The minimum absolute atomic E-state index is 0.217. The highest BCUT2D eigenvalue weighted by atomic mass is 32.1. The maximum atomic E-state index is 13.3. The van der Waals surface area contributed by atoms with Crippen molar-refractivity contribution in [3.05, 3.63) is 33.9 Å². The lowest BCUT2D eigenvalue weighted by atomic mass is 10.2. The maximum Gasteiger partial charge on any atom is 0.307 e. The molecule has 1 rings (SSSR count). The monoisotopic (exact) mass is 263 g/mol. The molecule has 0 radical (unpaired) electrons. The SMILES string of the molecule is O=[N+]([O-])c1cc(F)c(OCCCCS)cc1F. The van der Waals surface area contributed by atoms with E-state index in [-0.39, 0.29) is 12.4 Å². The summed E-state index contributed by atoms with van der Waals surface area (Å²) in [5.74, 6) is -1.68. The summed E-state index contributed by atoms with van der Waals surface area (Å²) in [7, 11) is 0. The van der Waals surface area contributed by atoms with Gasteiger partial charge >= 0.3 is 5.69 Å². The fourth-order valence-corrected chi connectivity index (χ4v) is 1.39. The summed E-state index contributed by atoms with van der Waals surface area (Å²) >= 11 is 3.99. The largest absolute Gasteiger partial charge is 0.490 e. The van der Waals surface area contributed by atoms with E-state index >= 15 is 0 Å². The average Bonchev–Trinajstić information content (AvgIpc) is 2.28. The molecule has 0 aromatic heterocycles. The first-order valence-electron chi connectivity index (χ1n) is 4.93.